The van der Waals surface area contributed by atoms with Crippen LogP contribution in [0.1, 0.15) is 30.2 Å². The van der Waals surface area contributed by atoms with Crippen molar-refractivity contribution in [3.05, 3.63) is 46.3 Å². The minimum atomic E-state index is -0.790. The van der Waals surface area contributed by atoms with Crippen molar-refractivity contribution in [3.8, 4) is 10.4 Å². The molecule has 0 unspecified atom stereocenters. The molecule has 0 fully saturated rings. The molecule has 2 rings (SSSR count). The van der Waals surface area contributed by atoms with E-state index in [0.29, 0.717) is 12.5 Å². The molecule has 1 nitrogen and oxygen atoms in total. The number of rotatable bonds is 4. The molecule has 0 aliphatic heterocycles. The predicted octanol–water partition coefficient (Wildman–Crippen LogP) is 4.88. The van der Waals surface area contributed by atoms with Crippen molar-refractivity contribution in [1.29, 1.82) is 0 Å². The molecule has 0 spiro atoms. The van der Waals surface area contributed by atoms with Crippen LogP contribution in [0, 0.1) is 11.6 Å². The van der Waals surface area contributed by atoms with Gasteiger partial charge in [0.25, 0.3) is 0 Å². The van der Waals surface area contributed by atoms with Crippen molar-refractivity contribution in [2.24, 2.45) is 0 Å². The summed E-state index contributed by atoms with van der Waals surface area (Å²) in [7, 11) is 3.83. The maximum absolute atomic E-state index is 13.6. The van der Waals surface area contributed by atoms with Crippen molar-refractivity contribution < 1.29 is 8.78 Å². The van der Waals surface area contributed by atoms with Crippen LogP contribution in [-0.4, -0.2) is 19.0 Å². The maximum Gasteiger partial charge on any atom is 0.159 e. The van der Waals surface area contributed by atoms with Crippen LogP contribution in [0.5, 0.6) is 0 Å². The molecule has 0 amide bonds. The van der Waals surface area contributed by atoms with Gasteiger partial charge in [0, 0.05) is 16.3 Å². The van der Waals surface area contributed by atoms with E-state index in [2.05, 4.69) is 19.9 Å². The third-order valence-electron chi connectivity index (χ3n) is 3.09. The zero-order valence-electron chi connectivity index (χ0n) is 12.2. The van der Waals surface area contributed by atoms with Crippen molar-refractivity contribution in [3.63, 3.8) is 0 Å². The Morgan fingerprint density at radius 1 is 1.10 bits per heavy atom. The third-order valence-corrected chi connectivity index (χ3v) is 4.51. The Kier molecular flexibility index (Phi) is 4.55. The summed E-state index contributed by atoms with van der Waals surface area (Å²) in [6.07, 6.45) is 0. The molecule has 0 bridgehead atoms. The van der Waals surface area contributed by atoms with Gasteiger partial charge in [0.1, 0.15) is 0 Å². The molecular formula is C16H19F2NS. The van der Waals surface area contributed by atoms with Gasteiger partial charge in [-0.15, -0.1) is 11.3 Å². The highest BCUT2D eigenvalue weighted by Crippen LogP contribution is 2.35. The van der Waals surface area contributed by atoms with Gasteiger partial charge in [-0.1, -0.05) is 13.8 Å². The normalized spacial score (nSPS) is 11.6. The summed E-state index contributed by atoms with van der Waals surface area (Å²) in [4.78, 5) is 4.19. The number of halogens is 2. The lowest BCUT2D eigenvalue weighted by atomic mass is 10.0. The first-order valence-corrected chi connectivity index (χ1v) is 7.43. The molecule has 1 heterocycles. The summed E-state index contributed by atoms with van der Waals surface area (Å²) in [5.41, 5.74) is 1.60. The van der Waals surface area contributed by atoms with Crippen LogP contribution in [0.4, 0.5) is 8.78 Å². The fourth-order valence-corrected chi connectivity index (χ4v) is 3.16. The molecule has 2 aromatic rings. The number of hydrogen-bond acceptors (Lipinski definition) is 2. The first-order chi connectivity index (χ1) is 9.38. The third kappa shape index (κ3) is 3.25. The Labute approximate surface area is 122 Å². The number of benzene rings is 1. The molecule has 0 saturated heterocycles. The minimum Gasteiger partial charge on any atom is -0.305 e. The van der Waals surface area contributed by atoms with E-state index in [9.17, 15) is 8.78 Å². The monoisotopic (exact) mass is 295 g/mol. The highest BCUT2D eigenvalue weighted by molar-refractivity contribution is 7.15. The Morgan fingerprint density at radius 2 is 1.75 bits per heavy atom. The Morgan fingerprint density at radius 3 is 2.30 bits per heavy atom. The van der Waals surface area contributed by atoms with Crippen LogP contribution in [0.2, 0.25) is 0 Å². The Bertz CT molecular complexity index is 603. The maximum atomic E-state index is 13.6. The second-order valence-electron chi connectivity index (χ2n) is 5.52. The topological polar surface area (TPSA) is 3.24 Å². The summed E-state index contributed by atoms with van der Waals surface area (Å²) in [5.74, 6) is -1.13. The molecule has 0 saturated carbocycles. The van der Waals surface area contributed by atoms with Gasteiger partial charge < -0.3 is 4.90 Å². The lowest BCUT2D eigenvalue weighted by molar-refractivity contribution is 0.400. The number of hydrogen-bond donors (Lipinski definition) is 0. The fraction of sp³-hybridized carbons (Fsp3) is 0.375. The van der Waals surface area contributed by atoms with Gasteiger partial charge in [-0.2, -0.15) is 0 Å². The highest BCUT2D eigenvalue weighted by atomic mass is 32.1. The molecule has 1 aromatic heterocycles. The molecular weight excluding hydrogens is 276 g/mol. The van der Waals surface area contributed by atoms with E-state index in [1.54, 1.807) is 11.3 Å². The van der Waals surface area contributed by atoms with Gasteiger partial charge in [-0.05, 0) is 55.4 Å². The van der Waals surface area contributed by atoms with Gasteiger partial charge in [0.2, 0.25) is 0 Å². The van der Waals surface area contributed by atoms with Gasteiger partial charge in [0.05, 0.1) is 0 Å². The van der Waals surface area contributed by atoms with Crippen molar-refractivity contribution in [2.45, 2.75) is 26.3 Å². The van der Waals surface area contributed by atoms with Crippen LogP contribution < -0.4 is 0 Å². The average molecular weight is 295 g/mol. The minimum absolute atomic E-state index is 0.441. The lowest BCUT2D eigenvalue weighted by Gasteiger charge is -2.14. The SMILES string of the molecule is CC(C)c1ccc(-c2cc(F)c(F)cc2CN(C)C)s1. The molecule has 4 heteroatoms. The van der Waals surface area contributed by atoms with Crippen LogP contribution in [0.15, 0.2) is 24.3 Å². The molecule has 108 valence electrons. The smallest absolute Gasteiger partial charge is 0.159 e. The molecule has 0 radical (unpaired) electrons. The van der Waals surface area contributed by atoms with E-state index < -0.39 is 11.6 Å². The summed E-state index contributed by atoms with van der Waals surface area (Å²) >= 11 is 1.64. The molecule has 1 aromatic carbocycles. The summed E-state index contributed by atoms with van der Waals surface area (Å²) in [6, 6.07) is 6.67. The predicted molar refractivity (Wildman–Crippen MR) is 81.2 cm³/mol. The van der Waals surface area contributed by atoms with E-state index in [0.717, 1.165) is 16.0 Å². The zero-order chi connectivity index (χ0) is 14.9. The van der Waals surface area contributed by atoms with Crippen molar-refractivity contribution in [1.82, 2.24) is 4.90 Å². The zero-order valence-corrected chi connectivity index (χ0v) is 13.0. The Hall–Kier alpha value is -1.26. The van der Waals surface area contributed by atoms with Gasteiger partial charge >= 0.3 is 0 Å². The van der Waals surface area contributed by atoms with E-state index in [1.807, 2.05) is 25.1 Å². The standard InChI is InChI=1S/C16H19F2NS/c1-10(2)15-5-6-16(20-15)12-8-14(18)13(17)7-11(12)9-19(3)4/h5-8,10H,9H2,1-4H3. The molecule has 0 N–H and O–H groups in total. The molecule has 0 aliphatic rings. The fourth-order valence-electron chi connectivity index (χ4n) is 2.10. The van der Waals surface area contributed by atoms with Gasteiger partial charge in [-0.25, -0.2) is 8.78 Å². The summed E-state index contributed by atoms with van der Waals surface area (Å²) in [5, 5.41) is 0. The van der Waals surface area contributed by atoms with Gasteiger partial charge in [-0.3, -0.25) is 0 Å². The van der Waals surface area contributed by atoms with Crippen LogP contribution in [-0.2, 0) is 6.54 Å². The molecule has 0 atom stereocenters. The summed E-state index contributed by atoms with van der Waals surface area (Å²) in [6.45, 7) is 4.84. The molecule has 0 aliphatic carbocycles. The van der Waals surface area contributed by atoms with E-state index in [1.165, 1.54) is 17.0 Å². The number of thiophene rings is 1. The number of nitrogens with zero attached hydrogens (tertiary/aromatic N) is 1. The average Bonchev–Trinajstić information content (AvgIpc) is 2.82. The largest absolute Gasteiger partial charge is 0.305 e. The Balaban J connectivity index is 2.49. The van der Waals surface area contributed by atoms with Crippen molar-refractivity contribution in [2.75, 3.05) is 14.1 Å². The second kappa shape index (κ2) is 6.02. The van der Waals surface area contributed by atoms with E-state index in [4.69, 9.17) is 0 Å². The van der Waals surface area contributed by atoms with Gasteiger partial charge in [0.15, 0.2) is 11.6 Å². The lowest BCUT2D eigenvalue weighted by Crippen LogP contribution is -2.12. The molecule has 20 heavy (non-hydrogen) atoms. The van der Waals surface area contributed by atoms with Crippen LogP contribution >= 0.6 is 11.3 Å². The first kappa shape index (κ1) is 15.1. The van der Waals surface area contributed by atoms with Crippen LogP contribution in [0.3, 0.4) is 0 Å². The highest BCUT2D eigenvalue weighted by Gasteiger charge is 2.14. The quantitative estimate of drug-likeness (QED) is 0.777. The van der Waals surface area contributed by atoms with E-state index >= 15 is 0 Å². The van der Waals surface area contributed by atoms with Crippen LogP contribution in [0.25, 0.3) is 10.4 Å². The summed E-state index contributed by atoms with van der Waals surface area (Å²) < 4.78 is 27.0. The van der Waals surface area contributed by atoms with E-state index in [-0.39, 0.29) is 0 Å². The van der Waals surface area contributed by atoms with Crippen molar-refractivity contribution >= 4 is 11.3 Å². The first-order valence-electron chi connectivity index (χ1n) is 6.61. The second-order valence-corrected chi connectivity index (χ2v) is 6.63.